The fraction of sp³-hybridized carbons (Fsp3) is 0.864. The third-order valence-electron chi connectivity index (χ3n) is 5.12. The Kier molecular flexibility index (Phi) is 13.9. The largest absolute Gasteiger partial charge is 0.569 e. The highest BCUT2D eigenvalue weighted by molar-refractivity contribution is 6.62. The Hall–Kier alpha value is -1.25. The fourth-order valence-electron chi connectivity index (χ4n) is 3.42. The van der Waals surface area contributed by atoms with Crippen LogP contribution in [0, 0.1) is 0 Å². The molecule has 0 aromatic rings. The van der Waals surface area contributed by atoms with Crippen LogP contribution in [-0.2, 0) is 22.9 Å². The maximum atomic E-state index is 12.6. The zero-order valence-corrected chi connectivity index (χ0v) is 20.2. The molecule has 0 bridgehead atoms. The monoisotopic (exact) mass is 443 g/mol. The molecule has 8 heteroatoms. The fourth-order valence-corrected chi connectivity index (χ4v) is 6.08. The van der Waals surface area contributed by atoms with Crippen molar-refractivity contribution >= 4 is 26.7 Å². The molecule has 1 aliphatic rings. The summed E-state index contributed by atoms with van der Waals surface area (Å²) in [5.74, 6) is -1.02. The van der Waals surface area contributed by atoms with E-state index in [-0.39, 0.29) is 12.8 Å². The van der Waals surface area contributed by atoms with Crippen LogP contribution in [0.15, 0.2) is 0 Å². The molecule has 0 atom stereocenters. The molecular weight excluding hydrogens is 402 g/mol. The van der Waals surface area contributed by atoms with E-state index in [1.165, 1.54) is 38.5 Å². The molecule has 1 heterocycles. The number of rotatable bonds is 17. The van der Waals surface area contributed by atoms with E-state index in [0.29, 0.717) is 24.2 Å². The number of carbonyl (C=O) groups is 3. The first-order chi connectivity index (χ1) is 14.5. The van der Waals surface area contributed by atoms with Crippen LogP contribution >= 0.6 is 0 Å². The van der Waals surface area contributed by atoms with E-state index in [4.69, 9.17) is 13.3 Å². The van der Waals surface area contributed by atoms with Gasteiger partial charge in [0.2, 0.25) is 11.8 Å². The average Bonchev–Trinajstić information content (AvgIpc) is 3.07. The normalized spacial score (nSPS) is 14.6. The summed E-state index contributed by atoms with van der Waals surface area (Å²) in [6, 6.07) is 0.519. The van der Waals surface area contributed by atoms with Crippen LogP contribution in [0.4, 0.5) is 4.79 Å². The van der Waals surface area contributed by atoms with Crippen molar-refractivity contribution in [3.8, 4) is 0 Å². The van der Waals surface area contributed by atoms with Gasteiger partial charge in [-0.3, -0.25) is 9.59 Å². The second-order valence-electron chi connectivity index (χ2n) is 7.95. The van der Waals surface area contributed by atoms with Gasteiger partial charge >= 0.3 is 14.9 Å². The molecule has 7 nitrogen and oxygen atoms in total. The van der Waals surface area contributed by atoms with E-state index < -0.39 is 26.7 Å². The molecule has 174 valence electrons. The Morgan fingerprint density at radius 1 is 0.767 bits per heavy atom. The Morgan fingerprint density at radius 3 is 1.70 bits per heavy atom. The Bertz CT molecular complexity index is 504. The molecule has 0 spiro atoms. The van der Waals surface area contributed by atoms with E-state index in [1.807, 2.05) is 13.8 Å². The Balaban J connectivity index is 2.61. The minimum absolute atomic E-state index is 0.0480. The van der Waals surface area contributed by atoms with Crippen molar-refractivity contribution in [2.75, 3.05) is 13.2 Å². The van der Waals surface area contributed by atoms with Crippen molar-refractivity contribution in [3.63, 3.8) is 0 Å². The predicted molar refractivity (Wildman–Crippen MR) is 118 cm³/mol. The van der Waals surface area contributed by atoms with Crippen molar-refractivity contribution in [3.05, 3.63) is 0 Å². The van der Waals surface area contributed by atoms with Gasteiger partial charge in [-0.15, -0.1) is 0 Å². The second kappa shape index (κ2) is 15.5. The van der Waals surface area contributed by atoms with Crippen LogP contribution in [0.25, 0.3) is 0 Å². The number of nitrogens with zero attached hydrogens (tertiary/aromatic N) is 1. The number of likely N-dealkylation sites (tertiary alicyclic amines) is 1. The van der Waals surface area contributed by atoms with Gasteiger partial charge in [0.25, 0.3) is 0 Å². The summed E-state index contributed by atoms with van der Waals surface area (Å²) in [5.41, 5.74) is 0. The van der Waals surface area contributed by atoms with Crippen molar-refractivity contribution < 1.29 is 27.7 Å². The molecule has 1 aliphatic heterocycles. The maximum Gasteiger partial charge on any atom is 0.569 e. The number of imide groups is 3. The summed E-state index contributed by atoms with van der Waals surface area (Å²) in [7, 11) is -3.31. The minimum atomic E-state index is -3.31. The van der Waals surface area contributed by atoms with Crippen molar-refractivity contribution in [1.82, 2.24) is 4.90 Å². The van der Waals surface area contributed by atoms with E-state index in [1.54, 1.807) is 0 Å². The highest BCUT2D eigenvalue weighted by atomic mass is 28.4. The minimum Gasteiger partial charge on any atom is -0.456 e. The van der Waals surface area contributed by atoms with Crippen LogP contribution in [0.3, 0.4) is 0 Å². The summed E-state index contributed by atoms with van der Waals surface area (Å²) in [6.07, 6.45) is 11.3. The van der Waals surface area contributed by atoms with E-state index >= 15 is 0 Å². The SMILES string of the molecule is CCCCCCCCCCC[Si](OCCC)(OCCC)OC(=O)N1C(=O)CCC1=O. The summed E-state index contributed by atoms with van der Waals surface area (Å²) in [6.45, 7) is 7.02. The lowest BCUT2D eigenvalue weighted by Crippen LogP contribution is -2.51. The van der Waals surface area contributed by atoms with Gasteiger partial charge in [-0.2, -0.15) is 4.90 Å². The third kappa shape index (κ3) is 9.70. The number of hydrogen-bond donors (Lipinski definition) is 0. The zero-order valence-electron chi connectivity index (χ0n) is 19.2. The summed E-state index contributed by atoms with van der Waals surface area (Å²) < 4.78 is 17.6. The Labute approximate surface area is 183 Å². The molecule has 0 aliphatic carbocycles. The van der Waals surface area contributed by atoms with Gasteiger partial charge in [-0.25, -0.2) is 4.79 Å². The van der Waals surface area contributed by atoms with Gasteiger partial charge in [0.05, 0.1) is 0 Å². The first-order valence-corrected chi connectivity index (χ1v) is 13.8. The topological polar surface area (TPSA) is 82.1 Å². The lowest BCUT2D eigenvalue weighted by atomic mass is 10.1. The quantitative estimate of drug-likeness (QED) is 0.165. The summed E-state index contributed by atoms with van der Waals surface area (Å²) in [5, 5.41) is 0. The first kappa shape index (κ1) is 26.8. The molecule has 1 rings (SSSR count). The molecule has 0 aromatic carbocycles. The molecule has 0 N–H and O–H groups in total. The van der Waals surface area contributed by atoms with Gasteiger partial charge in [-0.05, 0) is 19.3 Å². The van der Waals surface area contributed by atoms with Gasteiger partial charge < -0.3 is 13.3 Å². The predicted octanol–water partition coefficient (Wildman–Crippen LogP) is 5.59. The molecule has 3 amide bonds. The lowest BCUT2D eigenvalue weighted by molar-refractivity contribution is -0.135. The van der Waals surface area contributed by atoms with Crippen LogP contribution in [0.2, 0.25) is 6.04 Å². The van der Waals surface area contributed by atoms with Gasteiger partial charge in [0.1, 0.15) is 0 Å². The van der Waals surface area contributed by atoms with Gasteiger partial charge in [-0.1, -0.05) is 72.1 Å². The molecule has 1 fully saturated rings. The molecule has 0 unspecified atom stereocenters. The van der Waals surface area contributed by atoms with E-state index in [9.17, 15) is 14.4 Å². The van der Waals surface area contributed by atoms with Crippen molar-refractivity contribution in [2.24, 2.45) is 0 Å². The first-order valence-electron chi connectivity index (χ1n) is 11.9. The number of carbonyl (C=O) groups excluding carboxylic acids is 3. The highest BCUT2D eigenvalue weighted by Crippen LogP contribution is 2.24. The van der Waals surface area contributed by atoms with Crippen LogP contribution in [0.5, 0.6) is 0 Å². The van der Waals surface area contributed by atoms with Gasteiger partial charge in [0, 0.05) is 32.1 Å². The molecular formula is C22H41NO6Si. The van der Waals surface area contributed by atoms with Crippen LogP contribution in [-0.4, -0.2) is 44.8 Å². The standard InChI is InChI=1S/C22H41NO6Si/c1-4-7-8-9-10-11-12-13-14-19-30(27-17-5-2,28-18-6-3)29-22(26)23-20(24)15-16-21(23)25/h4-19H2,1-3H3. The van der Waals surface area contributed by atoms with Crippen LogP contribution in [0.1, 0.15) is 104 Å². The highest BCUT2D eigenvalue weighted by Gasteiger charge is 2.48. The molecule has 0 saturated carbocycles. The molecule has 0 aromatic heterocycles. The van der Waals surface area contributed by atoms with E-state index in [2.05, 4.69) is 6.92 Å². The van der Waals surface area contributed by atoms with Gasteiger partial charge in [0.15, 0.2) is 0 Å². The maximum absolute atomic E-state index is 12.6. The van der Waals surface area contributed by atoms with E-state index in [0.717, 1.165) is 32.1 Å². The molecule has 1 saturated heterocycles. The lowest BCUT2D eigenvalue weighted by Gasteiger charge is -2.30. The molecule has 0 radical (unpaired) electrons. The van der Waals surface area contributed by atoms with Crippen molar-refractivity contribution in [2.45, 2.75) is 110 Å². The number of amides is 3. The smallest absolute Gasteiger partial charge is 0.456 e. The zero-order chi connectivity index (χ0) is 22.2. The van der Waals surface area contributed by atoms with Crippen LogP contribution < -0.4 is 0 Å². The van der Waals surface area contributed by atoms with Crippen molar-refractivity contribution in [1.29, 1.82) is 0 Å². The Morgan fingerprint density at radius 2 is 1.23 bits per heavy atom. The average molecular weight is 444 g/mol. The summed E-state index contributed by atoms with van der Waals surface area (Å²) >= 11 is 0. The number of hydrogen-bond acceptors (Lipinski definition) is 6. The molecule has 30 heavy (non-hydrogen) atoms. The number of unbranched alkanes of at least 4 members (excludes halogenated alkanes) is 8. The third-order valence-corrected chi connectivity index (χ3v) is 7.86. The summed E-state index contributed by atoms with van der Waals surface area (Å²) in [4.78, 5) is 37.0. The second-order valence-corrected chi connectivity index (χ2v) is 10.6.